The van der Waals surface area contributed by atoms with Gasteiger partial charge in [0.05, 0.1) is 4.90 Å². The smallest absolute Gasteiger partial charge is 0.242 e. The Hall–Kier alpha value is -0.500. The zero-order chi connectivity index (χ0) is 14.8. The number of nitrogens with one attached hydrogen (secondary N) is 3. The van der Waals surface area contributed by atoms with Crippen molar-refractivity contribution < 1.29 is 8.42 Å². The Balaban J connectivity index is 2.42. The molecule has 0 radical (unpaired) electrons. The SMILES string of the molecule is CCCNCc1cc(S(=O)(=O)NCCCCSC)c[nH]1. The minimum atomic E-state index is -3.37. The number of unbranched alkanes of at least 4 members (excludes halogenated alkanes) is 1. The van der Waals surface area contributed by atoms with E-state index >= 15 is 0 Å². The third-order valence-corrected chi connectivity index (χ3v) is 4.97. The summed E-state index contributed by atoms with van der Waals surface area (Å²) in [6.07, 6.45) is 6.56. The lowest BCUT2D eigenvalue weighted by Gasteiger charge is -2.04. The van der Waals surface area contributed by atoms with Crippen molar-refractivity contribution in [2.45, 2.75) is 37.6 Å². The van der Waals surface area contributed by atoms with Crippen LogP contribution in [0.2, 0.25) is 0 Å². The van der Waals surface area contributed by atoms with Crippen LogP contribution < -0.4 is 10.0 Å². The second kappa shape index (κ2) is 9.44. The molecule has 1 aromatic heterocycles. The zero-order valence-corrected chi connectivity index (χ0v) is 13.9. The van der Waals surface area contributed by atoms with Gasteiger partial charge in [0.1, 0.15) is 0 Å². The molecule has 7 heteroatoms. The lowest BCUT2D eigenvalue weighted by atomic mass is 10.3. The van der Waals surface area contributed by atoms with E-state index < -0.39 is 10.0 Å². The Kier molecular flexibility index (Phi) is 8.28. The minimum Gasteiger partial charge on any atom is -0.363 e. The van der Waals surface area contributed by atoms with E-state index in [1.807, 2.05) is 0 Å². The van der Waals surface area contributed by atoms with E-state index in [0.717, 1.165) is 37.3 Å². The Morgan fingerprint density at radius 1 is 1.30 bits per heavy atom. The predicted molar refractivity (Wildman–Crippen MR) is 85.6 cm³/mol. The zero-order valence-electron chi connectivity index (χ0n) is 12.2. The van der Waals surface area contributed by atoms with Gasteiger partial charge in [-0.2, -0.15) is 11.8 Å². The molecule has 0 aliphatic heterocycles. The number of sulfonamides is 1. The van der Waals surface area contributed by atoms with Crippen LogP contribution in [-0.4, -0.2) is 38.5 Å². The highest BCUT2D eigenvalue weighted by Gasteiger charge is 2.15. The largest absolute Gasteiger partial charge is 0.363 e. The van der Waals surface area contributed by atoms with Gasteiger partial charge in [-0.3, -0.25) is 0 Å². The van der Waals surface area contributed by atoms with Crippen molar-refractivity contribution in [2.24, 2.45) is 0 Å². The molecular weight excluding hydrogens is 294 g/mol. The van der Waals surface area contributed by atoms with Crippen LogP contribution in [0.25, 0.3) is 0 Å². The Morgan fingerprint density at radius 2 is 2.10 bits per heavy atom. The van der Waals surface area contributed by atoms with Gasteiger partial charge in [0.25, 0.3) is 0 Å². The van der Waals surface area contributed by atoms with Gasteiger partial charge < -0.3 is 10.3 Å². The van der Waals surface area contributed by atoms with Gasteiger partial charge >= 0.3 is 0 Å². The maximum Gasteiger partial charge on any atom is 0.242 e. The van der Waals surface area contributed by atoms with Crippen molar-refractivity contribution >= 4 is 21.8 Å². The number of aromatic nitrogens is 1. The summed E-state index contributed by atoms with van der Waals surface area (Å²) in [7, 11) is -3.37. The molecule has 1 heterocycles. The summed E-state index contributed by atoms with van der Waals surface area (Å²) in [5.41, 5.74) is 0.890. The summed E-state index contributed by atoms with van der Waals surface area (Å²) in [6, 6.07) is 1.69. The fourth-order valence-corrected chi connectivity index (χ4v) is 3.32. The first-order chi connectivity index (χ1) is 9.60. The predicted octanol–water partition coefficient (Wildman–Crippen LogP) is 1.94. The molecule has 0 atom stereocenters. The average molecular weight is 319 g/mol. The number of rotatable bonds is 11. The first kappa shape index (κ1) is 17.6. The van der Waals surface area contributed by atoms with Crippen LogP contribution in [0.3, 0.4) is 0 Å². The maximum atomic E-state index is 12.1. The monoisotopic (exact) mass is 319 g/mol. The van der Waals surface area contributed by atoms with Crippen molar-refractivity contribution in [1.29, 1.82) is 0 Å². The molecule has 0 fully saturated rings. The van der Waals surface area contributed by atoms with Crippen LogP contribution in [0.1, 0.15) is 31.9 Å². The highest BCUT2D eigenvalue weighted by Crippen LogP contribution is 2.10. The minimum absolute atomic E-state index is 0.315. The number of thioether (sulfide) groups is 1. The van der Waals surface area contributed by atoms with Gasteiger partial charge in [-0.05, 0) is 43.9 Å². The van der Waals surface area contributed by atoms with Crippen LogP contribution in [0, 0.1) is 0 Å². The molecule has 0 amide bonds. The van der Waals surface area contributed by atoms with Gasteiger partial charge in [0.15, 0.2) is 0 Å². The number of hydrogen-bond donors (Lipinski definition) is 3. The summed E-state index contributed by atoms with van der Waals surface area (Å²) >= 11 is 1.78. The molecule has 0 aliphatic carbocycles. The van der Waals surface area contributed by atoms with E-state index in [0.29, 0.717) is 18.0 Å². The van der Waals surface area contributed by atoms with Gasteiger partial charge in [-0.25, -0.2) is 13.1 Å². The molecule has 0 bridgehead atoms. The van der Waals surface area contributed by atoms with E-state index in [4.69, 9.17) is 0 Å². The van der Waals surface area contributed by atoms with Crippen LogP contribution in [0.15, 0.2) is 17.2 Å². The first-order valence-electron chi connectivity index (χ1n) is 6.96. The molecule has 1 aromatic rings. The number of aromatic amines is 1. The Labute approximate surface area is 126 Å². The van der Waals surface area contributed by atoms with Crippen LogP contribution >= 0.6 is 11.8 Å². The van der Waals surface area contributed by atoms with Crippen molar-refractivity contribution in [3.8, 4) is 0 Å². The lowest BCUT2D eigenvalue weighted by Crippen LogP contribution is -2.24. The normalized spacial score (nSPS) is 11.9. The molecule has 0 spiro atoms. The van der Waals surface area contributed by atoms with Crippen LogP contribution in [0.5, 0.6) is 0 Å². The molecule has 0 saturated carbocycles. The van der Waals surface area contributed by atoms with E-state index in [1.165, 1.54) is 0 Å². The number of hydrogen-bond acceptors (Lipinski definition) is 4. The summed E-state index contributed by atoms with van der Waals surface area (Å²) in [4.78, 5) is 3.31. The quantitative estimate of drug-likeness (QED) is 0.545. The maximum absolute atomic E-state index is 12.1. The van der Waals surface area contributed by atoms with Crippen LogP contribution in [-0.2, 0) is 16.6 Å². The van der Waals surface area contributed by atoms with Gasteiger partial charge in [0.2, 0.25) is 10.0 Å². The molecule has 116 valence electrons. The average Bonchev–Trinajstić information content (AvgIpc) is 2.88. The molecule has 5 nitrogen and oxygen atoms in total. The highest BCUT2D eigenvalue weighted by atomic mass is 32.2. The number of H-pyrrole nitrogens is 1. The third-order valence-electron chi connectivity index (χ3n) is 2.84. The third kappa shape index (κ3) is 6.30. The van der Waals surface area contributed by atoms with E-state index in [-0.39, 0.29) is 0 Å². The standard InChI is InChI=1S/C13H25N3O2S2/c1-3-6-14-10-12-9-13(11-15-12)20(17,18)16-7-4-5-8-19-2/h9,11,14-16H,3-8,10H2,1-2H3. The summed E-state index contributed by atoms with van der Waals surface area (Å²) in [5, 5.41) is 3.23. The topological polar surface area (TPSA) is 74.0 Å². The first-order valence-corrected chi connectivity index (χ1v) is 9.84. The van der Waals surface area contributed by atoms with Crippen molar-refractivity contribution in [3.05, 3.63) is 18.0 Å². The van der Waals surface area contributed by atoms with Crippen molar-refractivity contribution in [3.63, 3.8) is 0 Å². The molecule has 20 heavy (non-hydrogen) atoms. The second-order valence-electron chi connectivity index (χ2n) is 4.64. The van der Waals surface area contributed by atoms with Crippen LogP contribution in [0.4, 0.5) is 0 Å². The molecular formula is C13H25N3O2S2. The fraction of sp³-hybridized carbons (Fsp3) is 0.692. The molecule has 0 saturated heterocycles. The summed E-state index contributed by atoms with van der Waals surface area (Å²) < 4.78 is 26.7. The highest BCUT2D eigenvalue weighted by molar-refractivity contribution is 7.98. The van der Waals surface area contributed by atoms with Gasteiger partial charge in [-0.1, -0.05) is 6.92 Å². The summed E-state index contributed by atoms with van der Waals surface area (Å²) in [5.74, 6) is 1.07. The molecule has 1 rings (SSSR count). The Bertz CT molecular complexity index is 472. The fourth-order valence-electron chi connectivity index (χ4n) is 1.74. The molecule has 0 aliphatic rings. The lowest BCUT2D eigenvalue weighted by molar-refractivity contribution is 0.578. The molecule has 0 aromatic carbocycles. The Morgan fingerprint density at radius 3 is 2.80 bits per heavy atom. The van der Waals surface area contributed by atoms with Crippen molar-refractivity contribution in [2.75, 3.05) is 25.1 Å². The molecule has 0 unspecified atom stereocenters. The van der Waals surface area contributed by atoms with E-state index in [1.54, 1.807) is 24.0 Å². The van der Waals surface area contributed by atoms with E-state index in [2.05, 4.69) is 28.2 Å². The van der Waals surface area contributed by atoms with Gasteiger partial charge in [-0.15, -0.1) is 0 Å². The van der Waals surface area contributed by atoms with Crippen molar-refractivity contribution in [1.82, 2.24) is 15.0 Å². The van der Waals surface area contributed by atoms with E-state index in [9.17, 15) is 8.42 Å². The van der Waals surface area contributed by atoms with Gasteiger partial charge in [0, 0.05) is 25.0 Å². The summed E-state index contributed by atoms with van der Waals surface area (Å²) in [6.45, 7) is 4.18. The second-order valence-corrected chi connectivity index (χ2v) is 7.39. The molecule has 3 N–H and O–H groups in total.